The first-order valence-electron chi connectivity index (χ1n) is 14.5. The van der Waals surface area contributed by atoms with E-state index in [4.69, 9.17) is 19.7 Å². The molecule has 2 N–H and O–H groups in total. The van der Waals surface area contributed by atoms with E-state index in [0.29, 0.717) is 28.4 Å². The van der Waals surface area contributed by atoms with Gasteiger partial charge in [-0.15, -0.1) is 22.7 Å². The summed E-state index contributed by atoms with van der Waals surface area (Å²) in [5.41, 5.74) is 4.94. The number of alkyl halides is 1. The van der Waals surface area contributed by atoms with E-state index in [1.807, 2.05) is 84.9 Å². The number of carboxylic acid groups (broad SMARTS) is 1. The third-order valence-electron chi connectivity index (χ3n) is 6.36. The van der Waals surface area contributed by atoms with E-state index in [-0.39, 0.29) is 18.3 Å². The summed E-state index contributed by atoms with van der Waals surface area (Å²) < 4.78 is 12.5. The van der Waals surface area contributed by atoms with Crippen molar-refractivity contribution in [2.45, 2.75) is 18.9 Å². The fourth-order valence-corrected chi connectivity index (χ4v) is 6.31. The van der Waals surface area contributed by atoms with Crippen LogP contribution in [0.3, 0.4) is 0 Å². The van der Waals surface area contributed by atoms with Crippen molar-refractivity contribution in [1.29, 1.82) is 0 Å². The van der Waals surface area contributed by atoms with Gasteiger partial charge in [-0.3, -0.25) is 0 Å². The van der Waals surface area contributed by atoms with Crippen molar-refractivity contribution in [3.8, 4) is 33.8 Å². The van der Waals surface area contributed by atoms with Gasteiger partial charge in [-0.1, -0.05) is 96.3 Å². The number of thiazole rings is 2. The van der Waals surface area contributed by atoms with Crippen LogP contribution in [0.5, 0.6) is 11.5 Å². The minimum Gasteiger partial charge on any atom is -0.508 e. The Morgan fingerprint density at radius 1 is 0.694 bits per heavy atom. The van der Waals surface area contributed by atoms with Crippen molar-refractivity contribution in [1.82, 2.24) is 9.97 Å². The normalized spacial score (nSPS) is 10.2. The Labute approximate surface area is 316 Å². The molecule has 13 heteroatoms. The summed E-state index contributed by atoms with van der Waals surface area (Å²) in [6, 6.07) is 31.1. The molecule has 0 amide bonds. The molecule has 0 radical (unpaired) electrons. The average Bonchev–Trinajstić information content (AvgIpc) is 3.80. The summed E-state index contributed by atoms with van der Waals surface area (Å²) in [6.45, 7) is 2.42. The van der Waals surface area contributed by atoms with Gasteiger partial charge in [0.1, 0.15) is 28.1 Å². The minimum atomic E-state index is -1.02. The maximum atomic E-state index is 11.1. The first-order valence-corrected chi connectivity index (χ1v) is 19.0. The molecule has 0 fully saturated rings. The van der Waals surface area contributed by atoms with Crippen LogP contribution in [0.15, 0.2) is 117 Å². The summed E-state index contributed by atoms with van der Waals surface area (Å²) in [5.74, 6) is -0.351. The lowest BCUT2D eigenvalue weighted by atomic mass is 10.1. The summed E-state index contributed by atoms with van der Waals surface area (Å²) in [5, 5.41) is 23.4. The second kappa shape index (κ2) is 19.3. The largest absolute Gasteiger partial charge is 0.508 e. The first-order chi connectivity index (χ1) is 23.6. The molecule has 0 bridgehead atoms. The number of phenols is 1. The molecule has 4 aromatic carbocycles. The number of hydrogen-bond acceptors (Lipinski definition) is 9. The van der Waals surface area contributed by atoms with Crippen LogP contribution in [0.4, 0.5) is 0 Å². The number of halogens is 3. The van der Waals surface area contributed by atoms with Gasteiger partial charge in [-0.25, -0.2) is 19.6 Å². The van der Waals surface area contributed by atoms with Crippen LogP contribution in [0.2, 0.25) is 0 Å². The van der Waals surface area contributed by atoms with Crippen molar-refractivity contribution in [2.24, 2.45) is 0 Å². The third kappa shape index (κ3) is 12.2. The van der Waals surface area contributed by atoms with Crippen LogP contribution in [-0.2, 0) is 16.7 Å². The van der Waals surface area contributed by atoms with E-state index in [1.54, 1.807) is 24.4 Å². The number of rotatable bonds is 9. The highest BCUT2D eigenvalue weighted by Crippen LogP contribution is 2.25. The molecule has 0 unspecified atom stereocenters. The van der Waals surface area contributed by atoms with E-state index in [1.165, 1.54) is 28.1 Å². The summed E-state index contributed by atoms with van der Waals surface area (Å²) in [7, 11) is 0. The molecule has 49 heavy (non-hydrogen) atoms. The zero-order chi connectivity index (χ0) is 35.2. The fraction of sp³-hybridized carbons (Fsp3) is 0.111. The number of aromatic hydroxyl groups is 1. The number of esters is 1. The van der Waals surface area contributed by atoms with Crippen LogP contribution in [0.1, 0.15) is 37.9 Å². The number of nitrogens with zero attached hydrogens (tertiary/aromatic N) is 2. The molecule has 6 rings (SSSR count). The number of ether oxygens (including phenoxy) is 2. The predicted octanol–water partition coefficient (Wildman–Crippen LogP) is 10.9. The van der Waals surface area contributed by atoms with Gasteiger partial charge in [0, 0.05) is 19.7 Å². The van der Waals surface area contributed by atoms with E-state index in [0.717, 1.165) is 42.0 Å². The Kier molecular flexibility index (Phi) is 15.0. The van der Waals surface area contributed by atoms with Gasteiger partial charge in [-0.2, -0.15) is 0 Å². The number of carboxylic acids is 1. The van der Waals surface area contributed by atoms with Gasteiger partial charge in [0.2, 0.25) is 0 Å². The summed E-state index contributed by atoms with van der Waals surface area (Å²) in [4.78, 5) is 29.9. The summed E-state index contributed by atoms with van der Waals surface area (Å²) >= 11 is 12.8. The third-order valence-corrected chi connectivity index (χ3v) is 9.99. The molecule has 0 aliphatic carbocycles. The van der Waals surface area contributed by atoms with Crippen LogP contribution in [0.25, 0.3) is 22.3 Å². The van der Waals surface area contributed by atoms with E-state index in [9.17, 15) is 9.59 Å². The van der Waals surface area contributed by atoms with Crippen molar-refractivity contribution in [3.05, 3.63) is 138 Å². The predicted molar refractivity (Wildman–Crippen MR) is 205 cm³/mol. The second-order valence-corrected chi connectivity index (χ2v) is 14.1. The topological polar surface area (TPSA) is 119 Å². The number of aromatic carboxylic acids is 1. The van der Waals surface area contributed by atoms with Crippen LogP contribution >= 0.6 is 70.5 Å². The van der Waals surface area contributed by atoms with Gasteiger partial charge in [0.15, 0.2) is 11.4 Å². The molecule has 0 aliphatic heterocycles. The molecular weight excluding hydrogens is 860 g/mol. The first kappa shape index (κ1) is 37.9. The Morgan fingerprint density at radius 2 is 1.14 bits per heavy atom. The highest BCUT2D eigenvalue weighted by Gasteiger charge is 2.11. The molecule has 0 saturated heterocycles. The van der Waals surface area contributed by atoms with Gasteiger partial charge < -0.3 is 19.7 Å². The van der Waals surface area contributed by atoms with Crippen molar-refractivity contribution >= 4 is 82.4 Å². The van der Waals surface area contributed by atoms with Crippen LogP contribution in [-0.4, -0.2) is 38.7 Å². The van der Waals surface area contributed by atoms with E-state index in [2.05, 4.69) is 57.8 Å². The smallest absolute Gasteiger partial charge is 0.357 e. The Morgan fingerprint density at radius 3 is 1.59 bits per heavy atom. The minimum absolute atomic E-state index is 0.0548. The Hall–Kier alpha value is -3.88. The van der Waals surface area contributed by atoms with Crippen LogP contribution in [0, 0.1) is 0 Å². The Balaban J connectivity index is 0.000000178. The lowest BCUT2D eigenvalue weighted by Gasteiger charge is -2.06. The maximum absolute atomic E-state index is 11.1. The molecule has 252 valence electrons. The van der Waals surface area contributed by atoms with Gasteiger partial charge in [0.25, 0.3) is 0 Å². The number of carbonyl (C=O) groups is 2. The lowest BCUT2D eigenvalue weighted by molar-refractivity contribution is 0.0519. The van der Waals surface area contributed by atoms with E-state index < -0.39 is 5.97 Å². The average molecular weight is 889 g/mol. The molecule has 6 aromatic rings. The fourth-order valence-electron chi connectivity index (χ4n) is 3.97. The van der Waals surface area contributed by atoms with Crippen molar-refractivity contribution in [2.75, 3.05) is 6.61 Å². The molecule has 2 aromatic heterocycles. The zero-order valence-electron chi connectivity index (χ0n) is 25.9. The lowest BCUT2D eigenvalue weighted by Crippen LogP contribution is -2.04. The highest BCUT2D eigenvalue weighted by atomic mass is 79.9. The standard InChI is InChI=1S/C17H12BrNO3S.C12H9BrO.C7H8BrNO2S/c18-13-5-1-11(2-6-13)12-3-7-14(8-4-12)22-9-16-19-15(10-23-16)17(20)21;13-11-5-1-9(2-6-11)10-3-7-12(14)8-4-10;1-2-11-7(10)5-4-12-6(3-8)9-5/h1-8,10H,9H2,(H,20,21);1-8,14H;4H,2-3H2,1H3. The number of phenolic OH excluding ortho intramolecular Hbond substituents is 1. The van der Waals surface area contributed by atoms with Crippen LogP contribution < -0.4 is 4.74 Å². The van der Waals surface area contributed by atoms with E-state index >= 15 is 0 Å². The second-order valence-electron chi connectivity index (χ2n) is 9.79. The molecule has 0 saturated carbocycles. The zero-order valence-corrected chi connectivity index (χ0v) is 32.3. The van der Waals surface area contributed by atoms with Crippen molar-refractivity contribution < 1.29 is 29.3 Å². The number of benzene rings is 4. The summed E-state index contributed by atoms with van der Waals surface area (Å²) in [6.07, 6.45) is 0. The molecule has 8 nitrogen and oxygen atoms in total. The Bertz CT molecular complexity index is 1890. The number of hydrogen-bond donors (Lipinski definition) is 2. The van der Waals surface area contributed by atoms with Gasteiger partial charge in [-0.05, 0) is 77.7 Å². The quantitative estimate of drug-likeness (QED) is 0.109. The van der Waals surface area contributed by atoms with Gasteiger partial charge >= 0.3 is 11.9 Å². The number of aromatic nitrogens is 2. The SMILES string of the molecule is CCOC(=O)c1csc(CBr)n1.O=C(O)c1csc(COc2ccc(-c3ccc(Br)cc3)cc2)n1.Oc1ccc(-c2ccc(Br)cc2)cc1. The highest BCUT2D eigenvalue weighted by molar-refractivity contribution is 9.10. The number of carbonyl (C=O) groups excluding carboxylic acids is 1. The molecule has 2 heterocycles. The van der Waals surface area contributed by atoms with Crippen molar-refractivity contribution in [3.63, 3.8) is 0 Å². The molecule has 0 atom stereocenters. The molecule has 0 spiro atoms. The monoisotopic (exact) mass is 886 g/mol. The molecular formula is C36H29Br3N2O6S2. The molecule has 0 aliphatic rings. The maximum Gasteiger partial charge on any atom is 0.357 e. The van der Waals surface area contributed by atoms with Gasteiger partial charge in [0.05, 0.1) is 11.9 Å².